The Balaban J connectivity index is 2.41. The zero-order valence-corrected chi connectivity index (χ0v) is 9.81. The number of benzene rings is 1. The molecule has 0 spiro atoms. The number of hydrogen-bond donors (Lipinski definition) is 1. The fraction of sp³-hybridized carbons (Fsp3) is 0.231. The number of hydrogen-bond acceptors (Lipinski definition) is 2. The van der Waals surface area contributed by atoms with Crippen molar-refractivity contribution in [1.82, 2.24) is 4.57 Å². The maximum absolute atomic E-state index is 13.2. The van der Waals surface area contributed by atoms with Gasteiger partial charge in [0, 0.05) is 36.1 Å². The molecule has 1 aromatic carbocycles. The van der Waals surface area contributed by atoms with E-state index in [4.69, 9.17) is 5.11 Å². The van der Waals surface area contributed by atoms with Crippen molar-refractivity contribution in [2.45, 2.75) is 12.8 Å². The van der Waals surface area contributed by atoms with Gasteiger partial charge in [-0.25, -0.2) is 4.39 Å². The molecule has 0 unspecified atom stereocenters. The first-order valence-corrected chi connectivity index (χ1v) is 5.48. The number of carbonyl (C=O) groups is 2. The molecule has 0 radical (unpaired) electrons. The highest BCUT2D eigenvalue weighted by molar-refractivity contribution is 6.08. The van der Waals surface area contributed by atoms with Crippen LogP contribution >= 0.6 is 0 Å². The van der Waals surface area contributed by atoms with E-state index in [1.54, 1.807) is 23.9 Å². The van der Waals surface area contributed by atoms with Crippen LogP contribution in [0.1, 0.15) is 23.2 Å². The molecule has 2 rings (SSSR count). The fourth-order valence-corrected chi connectivity index (χ4v) is 1.94. The number of carbonyl (C=O) groups excluding carboxylic acids is 1. The van der Waals surface area contributed by atoms with Crippen molar-refractivity contribution in [3.8, 4) is 0 Å². The summed E-state index contributed by atoms with van der Waals surface area (Å²) in [5, 5.41) is 9.08. The smallest absolute Gasteiger partial charge is 0.303 e. The second-order valence-corrected chi connectivity index (χ2v) is 4.13. The van der Waals surface area contributed by atoms with E-state index in [0.29, 0.717) is 10.9 Å². The summed E-state index contributed by atoms with van der Waals surface area (Å²) < 4.78 is 14.9. The molecular formula is C13H12FNO3. The number of nitrogens with zero attached hydrogens (tertiary/aromatic N) is 1. The number of ketones is 1. The summed E-state index contributed by atoms with van der Waals surface area (Å²) in [6.45, 7) is 0. The molecule has 0 saturated heterocycles. The van der Waals surface area contributed by atoms with Crippen molar-refractivity contribution in [3.05, 3.63) is 35.8 Å². The van der Waals surface area contributed by atoms with Crippen LogP contribution in [0.25, 0.3) is 10.9 Å². The highest BCUT2D eigenvalue weighted by Crippen LogP contribution is 2.23. The van der Waals surface area contributed by atoms with Crippen molar-refractivity contribution in [2.24, 2.45) is 7.05 Å². The van der Waals surface area contributed by atoms with Crippen LogP contribution in [0.2, 0.25) is 0 Å². The molecular weight excluding hydrogens is 237 g/mol. The molecule has 18 heavy (non-hydrogen) atoms. The number of carboxylic acids is 1. The van der Waals surface area contributed by atoms with Crippen LogP contribution in [-0.2, 0) is 11.8 Å². The van der Waals surface area contributed by atoms with E-state index in [-0.39, 0.29) is 18.6 Å². The lowest BCUT2D eigenvalue weighted by atomic mass is 10.1. The van der Waals surface area contributed by atoms with Crippen LogP contribution in [0, 0.1) is 5.82 Å². The van der Waals surface area contributed by atoms with Gasteiger partial charge >= 0.3 is 5.97 Å². The Labute approximate surface area is 103 Å². The van der Waals surface area contributed by atoms with Crippen LogP contribution in [-0.4, -0.2) is 21.4 Å². The summed E-state index contributed by atoms with van der Waals surface area (Å²) in [4.78, 5) is 22.3. The molecule has 0 fully saturated rings. The van der Waals surface area contributed by atoms with E-state index in [0.717, 1.165) is 5.52 Å². The summed E-state index contributed by atoms with van der Waals surface area (Å²) in [6.07, 6.45) is 1.31. The number of fused-ring (bicyclic) bond motifs is 1. The molecule has 5 heteroatoms. The van der Waals surface area contributed by atoms with Crippen LogP contribution in [0.3, 0.4) is 0 Å². The molecule has 0 atom stereocenters. The van der Waals surface area contributed by atoms with Crippen molar-refractivity contribution in [1.29, 1.82) is 0 Å². The summed E-state index contributed by atoms with van der Waals surface area (Å²) in [5.41, 5.74) is 1.11. The van der Waals surface area contributed by atoms with Gasteiger partial charge in [-0.1, -0.05) is 0 Å². The van der Waals surface area contributed by atoms with Gasteiger partial charge in [0.1, 0.15) is 5.82 Å². The van der Waals surface area contributed by atoms with Gasteiger partial charge in [0.15, 0.2) is 5.78 Å². The molecule has 0 bridgehead atoms. The molecule has 0 aliphatic rings. The van der Waals surface area contributed by atoms with Crippen LogP contribution in [0.15, 0.2) is 24.4 Å². The maximum atomic E-state index is 13.2. The van der Waals surface area contributed by atoms with Gasteiger partial charge in [-0.05, 0) is 18.2 Å². The quantitative estimate of drug-likeness (QED) is 0.846. The first-order valence-electron chi connectivity index (χ1n) is 5.48. The Morgan fingerprint density at radius 2 is 2.06 bits per heavy atom. The van der Waals surface area contributed by atoms with Crippen molar-refractivity contribution < 1.29 is 19.1 Å². The Morgan fingerprint density at radius 1 is 1.33 bits per heavy atom. The van der Waals surface area contributed by atoms with Crippen LogP contribution in [0.5, 0.6) is 0 Å². The highest BCUT2D eigenvalue weighted by Gasteiger charge is 2.15. The van der Waals surface area contributed by atoms with E-state index >= 15 is 0 Å². The summed E-state index contributed by atoms with van der Waals surface area (Å²) in [7, 11) is 1.76. The Morgan fingerprint density at radius 3 is 2.72 bits per heavy atom. The molecule has 0 aliphatic carbocycles. The molecule has 4 nitrogen and oxygen atoms in total. The first-order chi connectivity index (χ1) is 8.49. The summed E-state index contributed by atoms with van der Waals surface area (Å²) >= 11 is 0. The lowest BCUT2D eigenvalue weighted by Crippen LogP contribution is -2.03. The Hall–Kier alpha value is -2.17. The number of halogens is 1. The normalized spacial score (nSPS) is 10.8. The lowest BCUT2D eigenvalue weighted by Gasteiger charge is -1.97. The molecule has 0 amide bonds. The molecule has 94 valence electrons. The number of aromatic nitrogens is 1. The predicted molar refractivity (Wildman–Crippen MR) is 64.1 cm³/mol. The number of aryl methyl sites for hydroxylation is 1. The van der Waals surface area contributed by atoms with E-state index in [2.05, 4.69) is 0 Å². The largest absolute Gasteiger partial charge is 0.481 e. The lowest BCUT2D eigenvalue weighted by molar-refractivity contribution is -0.136. The molecule has 1 heterocycles. The van der Waals surface area contributed by atoms with Gasteiger partial charge in [0.2, 0.25) is 0 Å². The maximum Gasteiger partial charge on any atom is 0.303 e. The van der Waals surface area contributed by atoms with Gasteiger partial charge in [-0.3, -0.25) is 9.59 Å². The van der Waals surface area contributed by atoms with Crippen molar-refractivity contribution in [3.63, 3.8) is 0 Å². The van der Waals surface area contributed by atoms with Crippen LogP contribution < -0.4 is 0 Å². The second kappa shape index (κ2) is 4.60. The highest BCUT2D eigenvalue weighted by atomic mass is 19.1. The topological polar surface area (TPSA) is 59.3 Å². The molecule has 1 N–H and O–H groups in total. The van der Waals surface area contributed by atoms with Gasteiger partial charge in [-0.2, -0.15) is 0 Å². The zero-order chi connectivity index (χ0) is 13.3. The van der Waals surface area contributed by atoms with E-state index in [1.807, 2.05) is 0 Å². The fourth-order valence-electron chi connectivity index (χ4n) is 1.94. The average Bonchev–Trinajstić information content (AvgIpc) is 2.63. The number of carboxylic acid groups (broad SMARTS) is 1. The average molecular weight is 249 g/mol. The molecule has 2 aromatic rings. The van der Waals surface area contributed by atoms with Gasteiger partial charge in [0.25, 0.3) is 0 Å². The Bertz CT molecular complexity index is 630. The molecule has 0 aliphatic heterocycles. The van der Waals surface area contributed by atoms with Crippen LogP contribution in [0.4, 0.5) is 4.39 Å². The second-order valence-electron chi connectivity index (χ2n) is 4.13. The predicted octanol–water partition coefficient (Wildman–Crippen LogP) is 2.36. The summed E-state index contributed by atoms with van der Waals surface area (Å²) in [5.74, 6) is -1.72. The molecule has 0 saturated carbocycles. The third-order valence-electron chi connectivity index (χ3n) is 2.82. The minimum Gasteiger partial charge on any atom is -0.481 e. The Kier molecular flexibility index (Phi) is 3.14. The third-order valence-corrected chi connectivity index (χ3v) is 2.82. The van der Waals surface area contributed by atoms with E-state index < -0.39 is 11.8 Å². The summed E-state index contributed by atoms with van der Waals surface area (Å²) in [6, 6.07) is 4.22. The third kappa shape index (κ3) is 2.25. The SMILES string of the molecule is Cn1cc(C(=O)CCC(=O)O)c2cc(F)ccc21. The van der Waals surface area contributed by atoms with Gasteiger partial charge in [-0.15, -0.1) is 0 Å². The first kappa shape index (κ1) is 12.3. The minimum absolute atomic E-state index is 0.0784. The van der Waals surface area contributed by atoms with Gasteiger partial charge < -0.3 is 9.67 Å². The number of aliphatic carboxylic acids is 1. The van der Waals surface area contributed by atoms with Gasteiger partial charge in [0.05, 0.1) is 6.42 Å². The van der Waals surface area contributed by atoms with E-state index in [1.165, 1.54) is 12.1 Å². The molecule has 1 aromatic heterocycles. The standard InChI is InChI=1S/C13H12FNO3/c1-15-7-10(12(16)4-5-13(17)18)9-6-8(14)2-3-11(9)15/h2-3,6-7H,4-5H2,1H3,(H,17,18). The zero-order valence-electron chi connectivity index (χ0n) is 9.81. The monoisotopic (exact) mass is 249 g/mol. The number of Topliss-reactive ketones (excluding diaryl/α,β-unsaturated/α-hetero) is 1. The van der Waals surface area contributed by atoms with Crippen molar-refractivity contribution in [2.75, 3.05) is 0 Å². The van der Waals surface area contributed by atoms with Crippen molar-refractivity contribution >= 4 is 22.7 Å². The van der Waals surface area contributed by atoms with E-state index in [9.17, 15) is 14.0 Å². The minimum atomic E-state index is -1.02. The number of rotatable bonds is 4.